The van der Waals surface area contributed by atoms with Crippen LogP contribution in [0, 0.1) is 11.6 Å². The second-order valence-electron chi connectivity index (χ2n) is 5.40. The minimum atomic E-state index is -4.46. The Labute approximate surface area is 143 Å². The van der Waals surface area contributed by atoms with Gasteiger partial charge in [-0.3, -0.25) is 4.79 Å². The summed E-state index contributed by atoms with van der Waals surface area (Å²) in [5.74, 6) is -2.69. The molecule has 0 aliphatic carbocycles. The number of alkyl halides is 3. The lowest BCUT2D eigenvalue weighted by Gasteiger charge is -2.09. The van der Waals surface area contributed by atoms with Crippen molar-refractivity contribution in [3.05, 3.63) is 59.8 Å². The van der Waals surface area contributed by atoms with Gasteiger partial charge >= 0.3 is 6.18 Å². The van der Waals surface area contributed by atoms with Gasteiger partial charge in [-0.2, -0.15) is 13.2 Å². The summed E-state index contributed by atoms with van der Waals surface area (Å²) >= 11 is 0. The first-order valence-corrected chi connectivity index (χ1v) is 7.30. The number of ether oxygens (including phenoxy) is 1. The Kier molecular flexibility index (Phi) is 4.54. The summed E-state index contributed by atoms with van der Waals surface area (Å²) in [5.41, 5.74) is 0.692. The molecule has 9 heteroatoms. The predicted octanol–water partition coefficient (Wildman–Crippen LogP) is 4.64. The number of benzene rings is 2. The number of anilines is 1. The molecule has 0 saturated heterocycles. The van der Waals surface area contributed by atoms with Gasteiger partial charge in [-0.1, -0.05) is 0 Å². The summed E-state index contributed by atoms with van der Waals surface area (Å²) in [6, 6.07) is 6.94. The maximum Gasteiger partial charge on any atom is 0.422 e. The summed E-state index contributed by atoms with van der Waals surface area (Å²) in [4.78, 5) is 14.9. The maximum atomic E-state index is 13.4. The lowest BCUT2D eigenvalue weighted by atomic mass is 10.2. The van der Waals surface area contributed by atoms with Crippen molar-refractivity contribution in [2.24, 2.45) is 0 Å². The largest absolute Gasteiger partial charge is 0.484 e. The van der Waals surface area contributed by atoms with Gasteiger partial charge in [0.25, 0.3) is 5.91 Å². The molecule has 0 bridgehead atoms. The third-order valence-corrected chi connectivity index (χ3v) is 3.49. The molecule has 0 atom stereocenters. The molecular weight excluding hydrogens is 359 g/mol. The number of fused-ring (bicyclic) bond motifs is 1. The Bertz CT molecular complexity index is 948. The molecule has 4 nitrogen and oxygen atoms in total. The van der Waals surface area contributed by atoms with Gasteiger partial charge in [0, 0.05) is 23.2 Å². The number of carbonyl (C=O) groups excluding carboxylic acids is 1. The van der Waals surface area contributed by atoms with Crippen molar-refractivity contribution >= 4 is 22.5 Å². The van der Waals surface area contributed by atoms with Crippen molar-refractivity contribution in [1.82, 2.24) is 4.98 Å². The van der Waals surface area contributed by atoms with Crippen molar-refractivity contribution in [3.63, 3.8) is 0 Å². The van der Waals surface area contributed by atoms with E-state index < -0.39 is 30.3 Å². The van der Waals surface area contributed by atoms with Gasteiger partial charge in [-0.25, -0.2) is 8.78 Å². The van der Waals surface area contributed by atoms with Gasteiger partial charge in [-0.15, -0.1) is 0 Å². The topological polar surface area (TPSA) is 54.1 Å². The molecule has 0 unspecified atom stereocenters. The predicted molar refractivity (Wildman–Crippen MR) is 84.2 cm³/mol. The Morgan fingerprint density at radius 3 is 2.38 bits per heavy atom. The first-order chi connectivity index (χ1) is 12.2. The van der Waals surface area contributed by atoms with E-state index in [2.05, 4.69) is 15.0 Å². The van der Waals surface area contributed by atoms with E-state index in [0.29, 0.717) is 5.52 Å². The third-order valence-electron chi connectivity index (χ3n) is 3.49. The van der Waals surface area contributed by atoms with Crippen LogP contribution >= 0.6 is 0 Å². The molecule has 3 rings (SSSR count). The van der Waals surface area contributed by atoms with Crippen LogP contribution in [0.15, 0.2) is 42.6 Å². The van der Waals surface area contributed by atoms with E-state index in [0.717, 1.165) is 12.1 Å². The second-order valence-corrected chi connectivity index (χ2v) is 5.40. The lowest BCUT2D eigenvalue weighted by molar-refractivity contribution is -0.153. The smallest absolute Gasteiger partial charge is 0.422 e. The highest BCUT2D eigenvalue weighted by molar-refractivity contribution is 6.09. The van der Waals surface area contributed by atoms with E-state index in [4.69, 9.17) is 0 Å². The van der Waals surface area contributed by atoms with Crippen LogP contribution in [0.4, 0.5) is 27.6 Å². The molecular formula is C17H11F5N2O2. The third kappa shape index (κ3) is 3.93. The van der Waals surface area contributed by atoms with E-state index in [-0.39, 0.29) is 22.4 Å². The number of aromatic amines is 1. The minimum Gasteiger partial charge on any atom is -0.484 e. The van der Waals surface area contributed by atoms with Crippen molar-refractivity contribution in [2.45, 2.75) is 6.18 Å². The lowest BCUT2D eigenvalue weighted by Crippen LogP contribution is -2.19. The van der Waals surface area contributed by atoms with Crippen LogP contribution in [0.3, 0.4) is 0 Å². The highest BCUT2D eigenvalue weighted by Crippen LogP contribution is 2.26. The molecule has 26 heavy (non-hydrogen) atoms. The highest BCUT2D eigenvalue weighted by Gasteiger charge is 2.28. The van der Waals surface area contributed by atoms with Crippen LogP contribution in [0.25, 0.3) is 10.9 Å². The molecule has 136 valence electrons. The average Bonchev–Trinajstić information content (AvgIpc) is 2.95. The number of hydrogen-bond acceptors (Lipinski definition) is 2. The maximum absolute atomic E-state index is 13.4. The van der Waals surface area contributed by atoms with Gasteiger partial charge in [0.15, 0.2) is 18.2 Å². The van der Waals surface area contributed by atoms with Crippen molar-refractivity contribution in [1.29, 1.82) is 0 Å². The zero-order chi connectivity index (χ0) is 18.9. The van der Waals surface area contributed by atoms with Crippen LogP contribution in [0.1, 0.15) is 10.4 Å². The summed E-state index contributed by atoms with van der Waals surface area (Å²) in [7, 11) is 0. The van der Waals surface area contributed by atoms with E-state index in [1.54, 1.807) is 0 Å². The minimum absolute atomic E-state index is 0.0384. The normalized spacial score (nSPS) is 11.6. The SMILES string of the molecule is O=C(Nc1c[nH]c2cc(F)c(F)cc12)c1ccc(OCC(F)(F)F)cc1. The van der Waals surface area contributed by atoms with Gasteiger partial charge < -0.3 is 15.0 Å². The molecule has 3 aromatic rings. The van der Waals surface area contributed by atoms with Gasteiger partial charge in [0.1, 0.15) is 5.75 Å². The first-order valence-electron chi connectivity index (χ1n) is 7.30. The Morgan fingerprint density at radius 1 is 1.08 bits per heavy atom. The molecule has 0 spiro atoms. The van der Waals surface area contributed by atoms with E-state index in [1.165, 1.54) is 30.5 Å². The second kappa shape index (κ2) is 6.66. The Balaban J connectivity index is 1.73. The fourth-order valence-corrected chi connectivity index (χ4v) is 2.28. The molecule has 0 saturated carbocycles. The summed E-state index contributed by atoms with van der Waals surface area (Å²) in [5, 5.41) is 2.80. The molecule has 1 heterocycles. The van der Waals surface area contributed by atoms with Gasteiger partial charge in [0.05, 0.1) is 11.2 Å². The molecule has 0 fully saturated rings. The average molecular weight is 370 g/mol. The molecule has 1 amide bonds. The molecule has 0 aliphatic rings. The fourth-order valence-electron chi connectivity index (χ4n) is 2.28. The highest BCUT2D eigenvalue weighted by atomic mass is 19.4. The Hall–Kier alpha value is -3.10. The number of H-pyrrole nitrogens is 1. The quantitative estimate of drug-likeness (QED) is 0.658. The van der Waals surface area contributed by atoms with Crippen molar-refractivity contribution < 1.29 is 31.5 Å². The van der Waals surface area contributed by atoms with Gasteiger partial charge in [-0.05, 0) is 30.3 Å². The van der Waals surface area contributed by atoms with Crippen LogP contribution in [0.2, 0.25) is 0 Å². The van der Waals surface area contributed by atoms with Crippen molar-refractivity contribution in [3.8, 4) is 5.75 Å². The number of amides is 1. The standard InChI is InChI=1S/C17H11F5N2O2/c18-12-5-11-14(6-13(12)19)23-7-15(11)24-16(25)9-1-3-10(4-2-9)26-8-17(20,21)22/h1-7,23H,8H2,(H,24,25). The Morgan fingerprint density at radius 2 is 1.73 bits per heavy atom. The summed E-state index contributed by atoms with van der Waals surface area (Å²) in [6.07, 6.45) is -3.08. The zero-order valence-electron chi connectivity index (χ0n) is 13.0. The summed E-state index contributed by atoms with van der Waals surface area (Å²) in [6.45, 7) is -1.43. The molecule has 0 radical (unpaired) electrons. The number of halogens is 5. The number of aromatic nitrogens is 1. The first kappa shape index (κ1) is 17.7. The van der Waals surface area contributed by atoms with Crippen LogP contribution in [-0.2, 0) is 0 Å². The molecule has 0 aliphatic heterocycles. The fraction of sp³-hybridized carbons (Fsp3) is 0.118. The number of nitrogens with one attached hydrogen (secondary N) is 2. The molecule has 2 N–H and O–H groups in total. The summed E-state index contributed by atoms with van der Waals surface area (Å²) < 4.78 is 67.4. The van der Waals surface area contributed by atoms with Crippen LogP contribution in [0.5, 0.6) is 5.75 Å². The molecule has 2 aromatic carbocycles. The van der Waals surface area contributed by atoms with Crippen LogP contribution < -0.4 is 10.1 Å². The van der Waals surface area contributed by atoms with E-state index in [1.807, 2.05) is 0 Å². The van der Waals surface area contributed by atoms with Crippen LogP contribution in [-0.4, -0.2) is 23.7 Å². The van der Waals surface area contributed by atoms with E-state index >= 15 is 0 Å². The molecule has 1 aromatic heterocycles. The monoisotopic (exact) mass is 370 g/mol. The zero-order valence-corrected chi connectivity index (χ0v) is 13.0. The number of rotatable bonds is 4. The van der Waals surface area contributed by atoms with Crippen molar-refractivity contribution in [2.75, 3.05) is 11.9 Å². The van der Waals surface area contributed by atoms with E-state index in [9.17, 15) is 26.7 Å². The van der Waals surface area contributed by atoms with Gasteiger partial charge in [0.2, 0.25) is 0 Å². The number of hydrogen-bond donors (Lipinski definition) is 2. The number of carbonyl (C=O) groups is 1.